The molecule has 0 radical (unpaired) electrons. The summed E-state index contributed by atoms with van der Waals surface area (Å²) in [5, 5.41) is 18.2. The Kier molecular flexibility index (Phi) is 5.46. The fraction of sp³-hybridized carbons (Fsp3) is 1.00. The summed E-state index contributed by atoms with van der Waals surface area (Å²) in [6.07, 6.45) is 1.26. The van der Waals surface area contributed by atoms with E-state index in [0.717, 1.165) is 12.8 Å². The van der Waals surface area contributed by atoms with E-state index in [9.17, 15) is 5.11 Å². The van der Waals surface area contributed by atoms with Crippen molar-refractivity contribution in [1.29, 1.82) is 0 Å². The smallest absolute Gasteiger partial charge is 0.0741 e. The molecule has 3 heteroatoms. The molecular weight excluding hydrogens is 142 g/mol. The maximum atomic E-state index is 9.49. The third-order valence-electron chi connectivity index (χ3n) is 2.18. The van der Waals surface area contributed by atoms with Crippen molar-refractivity contribution < 1.29 is 10.2 Å². The van der Waals surface area contributed by atoms with Crippen LogP contribution in [0.2, 0.25) is 0 Å². The highest BCUT2D eigenvalue weighted by molar-refractivity contribution is 4.76. The summed E-state index contributed by atoms with van der Waals surface area (Å²) in [6, 6.07) is -0.486. The number of hydrogen-bond donors (Lipinski definition) is 3. The first kappa shape index (κ1) is 10.9. The summed E-state index contributed by atoms with van der Waals surface area (Å²) >= 11 is 0. The van der Waals surface area contributed by atoms with Crippen molar-refractivity contribution >= 4 is 0 Å². The molecule has 0 saturated heterocycles. The molecule has 68 valence electrons. The Bertz CT molecular complexity index is 94.1. The van der Waals surface area contributed by atoms with Crippen LogP contribution in [-0.2, 0) is 0 Å². The van der Waals surface area contributed by atoms with Gasteiger partial charge in [-0.05, 0) is 5.92 Å². The third kappa shape index (κ3) is 3.18. The highest BCUT2D eigenvalue weighted by Crippen LogP contribution is 2.14. The Morgan fingerprint density at radius 1 is 1.27 bits per heavy atom. The molecule has 0 bridgehead atoms. The molecule has 0 amide bonds. The van der Waals surface area contributed by atoms with Gasteiger partial charge in [-0.3, -0.25) is 0 Å². The highest BCUT2D eigenvalue weighted by atomic mass is 16.3. The number of rotatable bonds is 5. The van der Waals surface area contributed by atoms with Crippen LogP contribution < -0.4 is 5.73 Å². The van der Waals surface area contributed by atoms with Gasteiger partial charge in [-0.1, -0.05) is 26.7 Å². The first-order valence-corrected chi connectivity index (χ1v) is 4.21. The fourth-order valence-electron chi connectivity index (χ4n) is 1.23. The van der Waals surface area contributed by atoms with Crippen LogP contribution in [0.15, 0.2) is 0 Å². The molecule has 0 saturated carbocycles. The van der Waals surface area contributed by atoms with E-state index in [-0.39, 0.29) is 12.5 Å². The van der Waals surface area contributed by atoms with Gasteiger partial charge in [0.05, 0.1) is 18.8 Å². The van der Waals surface area contributed by atoms with Crippen molar-refractivity contribution in [3.63, 3.8) is 0 Å². The number of nitrogens with two attached hydrogens (primary N) is 1. The van der Waals surface area contributed by atoms with Crippen LogP contribution in [0.25, 0.3) is 0 Å². The van der Waals surface area contributed by atoms with Crippen molar-refractivity contribution in [3.05, 3.63) is 0 Å². The molecule has 0 aromatic carbocycles. The Labute approximate surface area is 68.2 Å². The first-order chi connectivity index (χ1) is 5.17. The Morgan fingerprint density at radius 3 is 2.00 bits per heavy atom. The van der Waals surface area contributed by atoms with Gasteiger partial charge in [-0.25, -0.2) is 0 Å². The van der Waals surface area contributed by atoms with Crippen LogP contribution >= 0.6 is 0 Å². The van der Waals surface area contributed by atoms with E-state index in [1.165, 1.54) is 0 Å². The summed E-state index contributed by atoms with van der Waals surface area (Å²) in [6.45, 7) is 3.89. The fourth-order valence-corrected chi connectivity index (χ4v) is 1.23. The van der Waals surface area contributed by atoms with E-state index in [4.69, 9.17) is 10.8 Å². The zero-order chi connectivity index (χ0) is 8.85. The van der Waals surface area contributed by atoms with Gasteiger partial charge >= 0.3 is 0 Å². The van der Waals surface area contributed by atoms with Gasteiger partial charge in [0.25, 0.3) is 0 Å². The van der Waals surface area contributed by atoms with Crippen LogP contribution in [0, 0.1) is 5.92 Å². The van der Waals surface area contributed by atoms with E-state index in [1.807, 2.05) is 13.8 Å². The molecule has 11 heavy (non-hydrogen) atoms. The molecule has 3 nitrogen and oxygen atoms in total. The predicted octanol–water partition coefficient (Wildman–Crippen LogP) is 0.103. The lowest BCUT2D eigenvalue weighted by Crippen LogP contribution is -2.42. The molecule has 0 aliphatic heterocycles. The molecule has 0 aliphatic carbocycles. The normalized spacial score (nSPS) is 16.9. The minimum atomic E-state index is -0.560. The molecule has 0 spiro atoms. The molecule has 0 fully saturated rings. The molecule has 0 aliphatic rings. The minimum absolute atomic E-state index is 0.141. The maximum absolute atomic E-state index is 9.49. The van der Waals surface area contributed by atoms with E-state index in [1.54, 1.807) is 0 Å². The molecular formula is C8H19NO2. The average Bonchev–Trinajstić information content (AvgIpc) is 2.05. The van der Waals surface area contributed by atoms with Gasteiger partial charge in [0, 0.05) is 0 Å². The van der Waals surface area contributed by atoms with E-state index in [2.05, 4.69) is 0 Å². The topological polar surface area (TPSA) is 66.5 Å². The molecule has 0 rings (SSSR count). The minimum Gasteiger partial charge on any atom is -0.395 e. The number of aliphatic hydroxyl groups excluding tert-OH is 2. The highest BCUT2D eigenvalue weighted by Gasteiger charge is 2.21. The molecule has 4 N–H and O–H groups in total. The van der Waals surface area contributed by atoms with Gasteiger partial charge in [0.1, 0.15) is 0 Å². The van der Waals surface area contributed by atoms with Crippen molar-refractivity contribution in [2.75, 3.05) is 6.61 Å². The molecule has 0 aromatic rings. The van der Waals surface area contributed by atoms with E-state index in [0.29, 0.717) is 0 Å². The summed E-state index contributed by atoms with van der Waals surface area (Å²) in [7, 11) is 0. The lowest BCUT2D eigenvalue weighted by molar-refractivity contribution is 0.0552. The monoisotopic (exact) mass is 161 g/mol. The van der Waals surface area contributed by atoms with Crippen molar-refractivity contribution in [2.24, 2.45) is 11.7 Å². The number of aliphatic hydroxyl groups is 2. The van der Waals surface area contributed by atoms with Gasteiger partial charge < -0.3 is 15.9 Å². The summed E-state index contributed by atoms with van der Waals surface area (Å²) in [5.74, 6) is 0.220. The second-order valence-electron chi connectivity index (χ2n) is 2.91. The lowest BCUT2D eigenvalue weighted by atomic mass is 9.92. The SMILES string of the molecule is CCC(CC)C(O)C(N)CO. The Balaban J connectivity index is 3.86. The Hall–Kier alpha value is -0.120. The average molecular weight is 161 g/mol. The zero-order valence-corrected chi connectivity index (χ0v) is 7.33. The Morgan fingerprint density at radius 2 is 1.73 bits per heavy atom. The maximum Gasteiger partial charge on any atom is 0.0741 e. The van der Waals surface area contributed by atoms with Crippen LogP contribution in [0.1, 0.15) is 26.7 Å². The second-order valence-corrected chi connectivity index (χ2v) is 2.91. The van der Waals surface area contributed by atoms with Crippen LogP contribution in [-0.4, -0.2) is 29.0 Å². The molecule has 0 aromatic heterocycles. The van der Waals surface area contributed by atoms with Crippen molar-refractivity contribution in [2.45, 2.75) is 38.8 Å². The standard InChI is InChI=1S/C8H19NO2/c1-3-6(4-2)8(11)7(9)5-10/h6-8,10-11H,3-5,9H2,1-2H3. The summed E-state index contributed by atoms with van der Waals surface area (Å²) in [4.78, 5) is 0. The van der Waals surface area contributed by atoms with Crippen molar-refractivity contribution in [3.8, 4) is 0 Å². The van der Waals surface area contributed by atoms with Crippen LogP contribution in [0.4, 0.5) is 0 Å². The van der Waals surface area contributed by atoms with Crippen molar-refractivity contribution in [1.82, 2.24) is 0 Å². The molecule has 2 unspecified atom stereocenters. The quantitative estimate of drug-likeness (QED) is 0.536. The zero-order valence-electron chi connectivity index (χ0n) is 7.33. The number of hydrogen-bond acceptors (Lipinski definition) is 3. The molecule has 2 atom stereocenters. The molecule has 0 heterocycles. The van der Waals surface area contributed by atoms with Gasteiger partial charge in [-0.2, -0.15) is 0 Å². The summed E-state index contributed by atoms with van der Waals surface area (Å²) in [5.41, 5.74) is 5.47. The van der Waals surface area contributed by atoms with Crippen LogP contribution in [0.5, 0.6) is 0 Å². The van der Waals surface area contributed by atoms with Gasteiger partial charge in [0.2, 0.25) is 0 Å². The second kappa shape index (κ2) is 5.52. The van der Waals surface area contributed by atoms with Crippen LogP contribution in [0.3, 0.4) is 0 Å². The van der Waals surface area contributed by atoms with Gasteiger partial charge in [0.15, 0.2) is 0 Å². The predicted molar refractivity (Wildman–Crippen MR) is 45.1 cm³/mol. The van der Waals surface area contributed by atoms with Gasteiger partial charge in [-0.15, -0.1) is 0 Å². The van der Waals surface area contributed by atoms with E-state index < -0.39 is 12.1 Å². The third-order valence-corrected chi connectivity index (χ3v) is 2.18. The summed E-state index contributed by atoms with van der Waals surface area (Å²) < 4.78 is 0. The lowest BCUT2D eigenvalue weighted by Gasteiger charge is -2.24. The largest absolute Gasteiger partial charge is 0.395 e. The van der Waals surface area contributed by atoms with E-state index >= 15 is 0 Å². The first-order valence-electron chi connectivity index (χ1n) is 4.21.